The number of benzene rings is 1. The molecule has 1 aromatic heterocycles. The smallest absolute Gasteiger partial charge is 0.310 e. The lowest BCUT2D eigenvalue weighted by molar-refractivity contribution is -0.147. The van der Waals surface area contributed by atoms with E-state index in [1.807, 2.05) is 24.3 Å². The maximum absolute atomic E-state index is 13.2. The molecule has 1 spiro atoms. The number of methoxy groups -OCH3 is 1. The minimum Gasteiger partial charge on any atom is -0.497 e. The molecule has 2 saturated carbocycles. The maximum Gasteiger partial charge on any atom is 0.310 e. The first-order valence-electron chi connectivity index (χ1n) is 12.7. The first-order valence-corrected chi connectivity index (χ1v) is 12.7. The molecule has 0 bridgehead atoms. The van der Waals surface area contributed by atoms with Gasteiger partial charge in [-0.05, 0) is 73.3 Å². The largest absolute Gasteiger partial charge is 0.497 e. The molecule has 4 fully saturated rings. The summed E-state index contributed by atoms with van der Waals surface area (Å²) in [4.78, 5) is 15.5. The van der Waals surface area contributed by atoms with Crippen LogP contribution in [-0.2, 0) is 27.4 Å². The average Bonchev–Trinajstić information content (AvgIpc) is 3.27. The Morgan fingerprint density at radius 3 is 2.68 bits per heavy atom. The molecule has 182 valence electrons. The standard InChI is InChI=1S/C28H35NO5/c1-27-10-4-11-28(18-33-28)25(27)13-22-23(26(30)34-24(22)14-27)17-29(16-21-5-3-12-32-21)15-19-6-8-20(31-2)9-7-19/h3,5-9,12,22-25H,4,10-11,13-18H2,1-2H3/t22-,23+,24+,25+,27+,28-/m0/s1. The Morgan fingerprint density at radius 1 is 1.15 bits per heavy atom. The predicted octanol–water partition coefficient (Wildman–Crippen LogP) is 4.82. The summed E-state index contributed by atoms with van der Waals surface area (Å²) in [5, 5.41) is 0. The second-order valence-corrected chi connectivity index (χ2v) is 11.2. The summed E-state index contributed by atoms with van der Waals surface area (Å²) in [6.45, 7) is 5.37. The maximum atomic E-state index is 13.2. The van der Waals surface area contributed by atoms with Gasteiger partial charge in [0, 0.05) is 19.0 Å². The van der Waals surface area contributed by atoms with Crippen LogP contribution < -0.4 is 4.74 Å². The Morgan fingerprint density at radius 2 is 1.97 bits per heavy atom. The van der Waals surface area contributed by atoms with Crippen LogP contribution in [0.3, 0.4) is 0 Å². The number of carbonyl (C=O) groups excluding carboxylic acids is 1. The molecule has 2 aliphatic heterocycles. The molecule has 34 heavy (non-hydrogen) atoms. The van der Waals surface area contributed by atoms with E-state index in [-0.39, 0.29) is 34.9 Å². The molecule has 0 unspecified atom stereocenters. The van der Waals surface area contributed by atoms with Crippen LogP contribution in [0.5, 0.6) is 5.75 Å². The Bertz CT molecular complexity index is 1010. The molecule has 2 aromatic rings. The SMILES string of the molecule is COc1ccc(CN(Cc2ccco2)C[C@H]2C(=O)O[C@@H]3C[C@@]4(C)CCC[C@]5(CO5)[C@@H]4C[C@H]32)cc1. The molecule has 4 aliphatic rings. The highest BCUT2D eigenvalue weighted by Crippen LogP contribution is 2.62. The van der Waals surface area contributed by atoms with E-state index >= 15 is 0 Å². The van der Waals surface area contributed by atoms with Gasteiger partial charge < -0.3 is 18.6 Å². The fourth-order valence-electron chi connectivity index (χ4n) is 7.24. The van der Waals surface area contributed by atoms with Gasteiger partial charge in [-0.1, -0.05) is 19.1 Å². The van der Waals surface area contributed by atoms with Crippen molar-refractivity contribution in [2.45, 2.75) is 63.8 Å². The van der Waals surface area contributed by atoms with E-state index in [1.165, 1.54) is 24.8 Å². The molecule has 6 rings (SSSR count). The van der Waals surface area contributed by atoms with Crippen LogP contribution in [0.25, 0.3) is 0 Å². The van der Waals surface area contributed by atoms with Crippen molar-refractivity contribution in [2.75, 3.05) is 20.3 Å². The summed E-state index contributed by atoms with van der Waals surface area (Å²) in [7, 11) is 1.68. The van der Waals surface area contributed by atoms with Gasteiger partial charge in [0.2, 0.25) is 0 Å². The fourth-order valence-corrected chi connectivity index (χ4v) is 7.24. The van der Waals surface area contributed by atoms with Crippen molar-refractivity contribution in [1.29, 1.82) is 0 Å². The van der Waals surface area contributed by atoms with Crippen LogP contribution >= 0.6 is 0 Å². The number of fused-ring (bicyclic) bond motifs is 3. The van der Waals surface area contributed by atoms with E-state index in [0.717, 1.165) is 37.5 Å². The Labute approximate surface area is 201 Å². The minimum absolute atomic E-state index is 0.0258. The van der Waals surface area contributed by atoms with Crippen molar-refractivity contribution in [3.05, 3.63) is 54.0 Å². The van der Waals surface area contributed by atoms with E-state index in [1.54, 1.807) is 13.4 Å². The number of ether oxygens (including phenoxy) is 3. The Kier molecular flexibility index (Phi) is 5.49. The zero-order chi connectivity index (χ0) is 23.3. The van der Waals surface area contributed by atoms with Gasteiger partial charge in [0.05, 0.1) is 38.0 Å². The topological polar surface area (TPSA) is 64.4 Å². The van der Waals surface area contributed by atoms with E-state index in [2.05, 4.69) is 24.0 Å². The van der Waals surface area contributed by atoms with Crippen molar-refractivity contribution in [3.8, 4) is 5.75 Å². The van der Waals surface area contributed by atoms with Crippen LogP contribution in [0.4, 0.5) is 0 Å². The van der Waals surface area contributed by atoms with Gasteiger partial charge in [0.25, 0.3) is 0 Å². The third kappa shape index (κ3) is 3.95. The molecule has 6 heteroatoms. The summed E-state index contributed by atoms with van der Waals surface area (Å²) < 4.78 is 23.1. The summed E-state index contributed by atoms with van der Waals surface area (Å²) >= 11 is 0. The second-order valence-electron chi connectivity index (χ2n) is 11.2. The summed E-state index contributed by atoms with van der Waals surface area (Å²) in [6.07, 6.45) is 7.38. The van der Waals surface area contributed by atoms with Gasteiger partial charge in [-0.25, -0.2) is 0 Å². The molecule has 6 atom stereocenters. The number of esters is 1. The highest BCUT2D eigenvalue weighted by atomic mass is 16.6. The van der Waals surface area contributed by atoms with Gasteiger partial charge in [-0.15, -0.1) is 0 Å². The molecule has 3 heterocycles. The molecular formula is C28H35NO5. The number of rotatable bonds is 7. The Hall–Kier alpha value is -2.31. The summed E-state index contributed by atoms with van der Waals surface area (Å²) in [6, 6.07) is 12.1. The van der Waals surface area contributed by atoms with Crippen molar-refractivity contribution in [1.82, 2.24) is 4.90 Å². The van der Waals surface area contributed by atoms with Crippen molar-refractivity contribution >= 4 is 5.97 Å². The molecule has 0 N–H and O–H groups in total. The lowest BCUT2D eigenvalue weighted by atomic mass is 9.53. The van der Waals surface area contributed by atoms with Crippen LogP contribution in [0, 0.1) is 23.2 Å². The van der Waals surface area contributed by atoms with E-state index in [4.69, 9.17) is 18.6 Å². The van der Waals surface area contributed by atoms with Crippen LogP contribution in [0.1, 0.15) is 50.4 Å². The molecular weight excluding hydrogens is 430 g/mol. The molecule has 2 saturated heterocycles. The monoisotopic (exact) mass is 465 g/mol. The van der Waals surface area contributed by atoms with Gasteiger partial charge >= 0.3 is 5.97 Å². The van der Waals surface area contributed by atoms with Gasteiger partial charge in [0.1, 0.15) is 17.6 Å². The van der Waals surface area contributed by atoms with E-state index in [0.29, 0.717) is 19.0 Å². The van der Waals surface area contributed by atoms with Crippen molar-refractivity contribution < 1.29 is 23.4 Å². The average molecular weight is 466 g/mol. The normalized spacial score (nSPS) is 36.3. The number of furan rings is 1. The number of nitrogens with zero attached hydrogens (tertiary/aromatic N) is 1. The number of epoxide rings is 1. The number of hydrogen-bond donors (Lipinski definition) is 0. The first kappa shape index (κ1) is 22.2. The zero-order valence-electron chi connectivity index (χ0n) is 20.2. The highest BCUT2D eigenvalue weighted by Gasteiger charge is 2.65. The lowest BCUT2D eigenvalue weighted by Crippen LogP contribution is -2.51. The summed E-state index contributed by atoms with van der Waals surface area (Å²) in [5.41, 5.74) is 1.48. The highest BCUT2D eigenvalue weighted by molar-refractivity contribution is 5.75. The third-order valence-electron chi connectivity index (χ3n) is 9.06. The van der Waals surface area contributed by atoms with E-state index in [9.17, 15) is 4.79 Å². The predicted molar refractivity (Wildman–Crippen MR) is 126 cm³/mol. The number of carbonyl (C=O) groups is 1. The Balaban J connectivity index is 1.22. The quantitative estimate of drug-likeness (QED) is 0.432. The van der Waals surface area contributed by atoms with Crippen molar-refractivity contribution in [2.24, 2.45) is 23.2 Å². The van der Waals surface area contributed by atoms with Gasteiger partial charge in [-0.2, -0.15) is 0 Å². The number of hydrogen-bond acceptors (Lipinski definition) is 6. The van der Waals surface area contributed by atoms with E-state index < -0.39 is 0 Å². The third-order valence-corrected chi connectivity index (χ3v) is 9.06. The minimum atomic E-state index is -0.111. The first-order chi connectivity index (χ1) is 16.5. The summed E-state index contributed by atoms with van der Waals surface area (Å²) in [5.74, 6) is 2.41. The molecule has 0 amide bonds. The zero-order valence-corrected chi connectivity index (χ0v) is 20.2. The van der Waals surface area contributed by atoms with Crippen molar-refractivity contribution in [3.63, 3.8) is 0 Å². The molecule has 0 radical (unpaired) electrons. The fraction of sp³-hybridized carbons (Fsp3) is 0.607. The molecule has 2 aliphatic carbocycles. The molecule has 1 aromatic carbocycles. The van der Waals surface area contributed by atoms with Gasteiger partial charge in [-0.3, -0.25) is 9.69 Å². The van der Waals surface area contributed by atoms with Crippen LogP contribution in [-0.4, -0.2) is 42.8 Å². The van der Waals surface area contributed by atoms with Crippen LogP contribution in [0.2, 0.25) is 0 Å². The second kappa shape index (κ2) is 8.42. The molecule has 6 nitrogen and oxygen atoms in total. The van der Waals surface area contributed by atoms with Crippen LogP contribution in [0.15, 0.2) is 47.1 Å². The van der Waals surface area contributed by atoms with Gasteiger partial charge in [0.15, 0.2) is 0 Å². The lowest BCUT2D eigenvalue weighted by Gasteiger charge is -2.51.